The van der Waals surface area contributed by atoms with E-state index in [4.69, 9.17) is 4.74 Å². The van der Waals surface area contributed by atoms with E-state index in [1.165, 1.54) is 6.08 Å². The van der Waals surface area contributed by atoms with E-state index in [9.17, 15) is 9.59 Å². The third-order valence-electron chi connectivity index (χ3n) is 3.64. The Morgan fingerprint density at radius 2 is 1.68 bits per heavy atom. The number of carbonyl (C=O) groups excluding carboxylic acids is 2. The van der Waals surface area contributed by atoms with Gasteiger partial charge in [0.15, 0.2) is 11.6 Å². The molecule has 2 aromatic carbocycles. The van der Waals surface area contributed by atoms with Gasteiger partial charge in [0.2, 0.25) is 0 Å². The summed E-state index contributed by atoms with van der Waals surface area (Å²) in [6.07, 6.45) is 1.39. The van der Waals surface area contributed by atoms with Crippen LogP contribution in [-0.2, 0) is 11.3 Å². The van der Waals surface area contributed by atoms with E-state index in [0.717, 1.165) is 11.1 Å². The average molecular weight is 292 g/mol. The SMILES string of the molecule is Cc1cccc(COCC2=CC(=O)c3ccccc3C2=O)c1. The van der Waals surface area contributed by atoms with Crippen LogP contribution in [0.5, 0.6) is 0 Å². The van der Waals surface area contributed by atoms with Gasteiger partial charge in [0.25, 0.3) is 0 Å². The Morgan fingerprint density at radius 3 is 2.45 bits per heavy atom. The molecule has 0 saturated heterocycles. The van der Waals surface area contributed by atoms with Crippen LogP contribution in [-0.4, -0.2) is 18.2 Å². The van der Waals surface area contributed by atoms with Gasteiger partial charge in [-0.15, -0.1) is 0 Å². The molecule has 3 nitrogen and oxygen atoms in total. The molecule has 3 heteroatoms. The van der Waals surface area contributed by atoms with E-state index in [0.29, 0.717) is 23.3 Å². The van der Waals surface area contributed by atoms with Gasteiger partial charge in [-0.1, -0.05) is 54.1 Å². The van der Waals surface area contributed by atoms with Crippen molar-refractivity contribution in [1.82, 2.24) is 0 Å². The standard InChI is InChI=1S/C19H16O3/c1-13-5-4-6-14(9-13)11-22-12-15-10-18(20)16-7-2-3-8-17(16)19(15)21/h2-10H,11-12H2,1H3. The summed E-state index contributed by atoms with van der Waals surface area (Å²) in [7, 11) is 0. The molecule has 0 saturated carbocycles. The second kappa shape index (κ2) is 6.08. The van der Waals surface area contributed by atoms with Crippen molar-refractivity contribution in [2.75, 3.05) is 6.61 Å². The topological polar surface area (TPSA) is 43.4 Å². The maximum atomic E-state index is 12.4. The Bertz CT molecular complexity index is 772. The molecule has 1 aliphatic rings. The van der Waals surface area contributed by atoms with Gasteiger partial charge in [0.05, 0.1) is 13.2 Å². The van der Waals surface area contributed by atoms with Gasteiger partial charge < -0.3 is 4.74 Å². The highest BCUT2D eigenvalue weighted by Gasteiger charge is 2.24. The lowest BCUT2D eigenvalue weighted by molar-refractivity contribution is 0.0933. The fourth-order valence-corrected chi connectivity index (χ4v) is 2.56. The van der Waals surface area contributed by atoms with Crippen LogP contribution in [0.3, 0.4) is 0 Å². The van der Waals surface area contributed by atoms with Crippen LogP contribution in [0, 0.1) is 6.92 Å². The summed E-state index contributed by atoms with van der Waals surface area (Å²) in [5, 5.41) is 0. The van der Waals surface area contributed by atoms with Crippen LogP contribution >= 0.6 is 0 Å². The molecule has 2 aromatic rings. The number of benzene rings is 2. The molecule has 0 heterocycles. The van der Waals surface area contributed by atoms with E-state index in [2.05, 4.69) is 0 Å². The molecule has 0 fully saturated rings. The van der Waals surface area contributed by atoms with Crippen LogP contribution < -0.4 is 0 Å². The summed E-state index contributed by atoms with van der Waals surface area (Å²) in [4.78, 5) is 24.4. The van der Waals surface area contributed by atoms with Crippen LogP contribution in [0.4, 0.5) is 0 Å². The predicted octanol–water partition coefficient (Wildman–Crippen LogP) is 3.52. The first-order chi connectivity index (χ1) is 10.6. The quantitative estimate of drug-likeness (QED) is 0.866. The molecule has 0 aromatic heterocycles. The lowest BCUT2D eigenvalue weighted by Gasteiger charge is -2.15. The monoisotopic (exact) mass is 292 g/mol. The van der Waals surface area contributed by atoms with Gasteiger partial charge in [0, 0.05) is 16.7 Å². The van der Waals surface area contributed by atoms with Crippen LogP contribution in [0.1, 0.15) is 31.8 Å². The number of ketones is 2. The fraction of sp³-hybridized carbons (Fsp3) is 0.158. The Morgan fingerprint density at radius 1 is 0.909 bits per heavy atom. The lowest BCUT2D eigenvalue weighted by Crippen LogP contribution is -2.19. The summed E-state index contributed by atoms with van der Waals surface area (Å²) < 4.78 is 5.61. The largest absolute Gasteiger partial charge is 0.372 e. The molecule has 3 rings (SSSR count). The molecular formula is C19H16O3. The van der Waals surface area contributed by atoms with Crippen molar-refractivity contribution in [3.63, 3.8) is 0 Å². The molecular weight excluding hydrogens is 276 g/mol. The Hall–Kier alpha value is -2.52. The maximum absolute atomic E-state index is 12.4. The first-order valence-electron chi connectivity index (χ1n) is 7.17. The number of hydrogen-bond donors (Lipinski definition) is 0. The number of ether oxygens (including phenoxy) is 1. The molecule has 0 bridgehead atoms. The molecule has 1 aliphatic carbocycles. The lowest BCUT2D eigenvalue weighted by atomic mass is 9.90. The minimum Gasteiger partial charge on any atom is -0.372 e. The number of carbonyl (C=O) groups is 2. The first kappa shape index (κ1) is 14.4. The number of Topliss-reactive ketones (excluding diaryl/α,β-unsaturated/α-hetero) is 1. The Labute approximate surface area is 129 Å². The van der Waals surface area contributed by atoms with Crippen molar-refractivity contribution in [2.45, 2.75) is 13.5 Å². The minimum absolute atomic E-state index is 0.126. The number of fused-ring (bicyclic) bond motifs is 1. The molecule has 0 aliphatic heterocycles. The second-order valence-corrected chi connectivity index (χ2v) is 5.39. The first-order valence-corrected chi connectivity index (χ1v) is 7.17. The second-order valence-electron chi connectivity index (χ2n) is 5.39. The number of allylic oxidation sites excluding steroid dienone is 1. The summed E-state index contributed by atoms with van der Waals surface area (Å²) in [5.74, 6) is -0.260. The van der Waals surface area contributed by atoms with Gasteiger partial charge in [-0.05, 0) is 18.6 Å². The van der Waals surface area contributed by atoms with Crippen molar-refractivity contribution in [3.8, 4) is 0 Å². The molecule has 0 atom stereocenters. The normalized spacial score (nSPS) is 13.8. The van der Waals surface area contributed by atoms with Crippen molar-refractivity contribution in [3.05, 3.63) is 82.4 Å². The van der Waals surface area contributed by atoms with Gasteiger partial charge in [-0.25, -0.2) is 0 Å². The predicted molar refractivity (Wildman–Crippen MR) is 84.0 cm³/mol. The van der Waals surface area contributed by atoms with Gasteiger partial charge >= 0.3 is 0 Å². The zero-order valence-electron chi connectivity index (χ0n) is 12.3. The van der Waals surface area contributed by atoms with E-state index < -0.39 is 0 Å². The fourth-order valence-electron chi connectivity index (χ4n) is 2.56. The summed E-state index contributed by atoms with van der Waals surface area (Å²) >= 11 is 0. The average Bonchev–Trinajstić information content (AvgIpc) is 2.52. The Balaban J connectivity index is 1.69. The van der Waals surface area contributed by atoms with Crippen molar-refractivity contribution in [1.29, 1.82) is 0 Å². The highest BCUT2D eigenvalue weighted by atomic mass is 16.5. The number of aryl methyl sites for hydroxylation is 1. The molecule has 22 heavy (non-hydrogen) atoms. The molecule has 0 spiro atoms. The minimum atomic E-state index is -0.135. The molecule has 0 amide bonds. The zero-order valence-corrected chi connectivity index (χ0v) is 12.3. The summed E-state index contributed by atoms with van der Waals surface area (Å²) in [6.45, 7) is 2.58. The van der Waals surface area contributed by atoms with E-state index in [1.807, 2.05) is 31.2 Å². The number of hydrogen-bond acceptors (Lipinski definition) is 3. The maximum Gasteiger partial charge on any atom is 0.192 e. The van der Waals surface area contributed by atoms with Crippen molar-refractivity contribution >= 4 is 11.6 Å². The smallest absolute Gasteiger partial charge is 0.192 e. The van der Waals surface area contributed by atoms with Gasteiger partial charge in [0.1, 0.15) is 0 Å². The molecule has 0 unspecified atom stereocenters. The van der Waals surface area contributed by atoms with Crippen LogP contribution in [0.25, 0.3) is 0 Å². The summed E-state index contributed by atoms with van der Waals surface area (Å²) in [6, 6.07) is 14.9. The third kappa shape index (κ3) is 2.90. The van der Waals surface area contributed by atoms with Crippen LogP contribution in [0.2, 0.25) is 0 Å². The van der Waals surface area contributed by atoms with E-state index in [-0.39, 0.29) is 18.2 Å². The highest BCUT2D eigenvalue weighted by molar-refractivity contribution is 6.24. The highest BCUT2D eigenvalue weighted by Crippen LogP contribution is 2.21. The van der Waals surface area contributed by atoms with Crippen molar-refractivity contribution in [2.24, 2.45) is 0 Å². The molecule has 0 radical (unpaired) electrons. The molecule has 0 N–H and O–H groups in total. The number of rotatable bonds is 4. The molecule has 110 valence electrons. The Kier molecular flexibility index (Phi) is 3.98. The van der Waals surface area contributed by atoms with Crippen molar-refractivity contribution < 1.29 is 14.3 Å². The van der Waals surface area contributed by atoms with Gasteiger partial charge in [-0.3, -0.25) is 9.59 Å². The van der Waals surface area contributed by atoms with Gasteiger partial charge in [-0.2, -0.15) is 0 Å². The zero-order chi connectivity index (χ0) is 15.5. The summed E-state index contributed by atoms with van der Waals surface area (Å²) in [5.41, 5.74) is 3.56. The van der Waals surface area contributed by atoms with Crippen LogP contribution in [0.15, 0.2) is 60.2 Å². The third-order valence-corrected chi connectivity index (χ3v) is 3.64. The van der Waals surface area contributed by atoms with E-state index >= 15 is 0 Å². The van der Waals surface area contributed by atoms with E-state index in [1.54, 1.807) is 24.3 Å².